The lowest BCUT2D eigenvalue weighted by Gasteiger charge is -2.35. The van der Waals surface area contributed by atoms with E-state index >= 15 is 0 Å². The lowest BCUT2D eigenvalue weighted by molar-refractivity contribution is -0.136. The number of nitrogens with one attached hydrogen (secondary N) is 2. The zero-order valence-corrected chi connectivity index (χ0v) is 23.1. The molecule has 1 heterocycles. The van der Waals surface area contributed by atoms with Crippen LogP contribution in [-0.2, 0) is 29.1 Å². The first kappa shape index (κ1) is 29.5. The fourth-order valence-corrected chi connectivity index (χ4v) is 4.74. The molecule has 0 unspecified atom stereocenters. The molecule has 4 rings (SSSR count). The predicted molar refractivity (Wildman–Crippen MR) is 153 cm³/mol. The van der Waals surface area contributed by atoms with Crippen molar-refractivity contribution in [3.63, 3.8) is 0 Å². The van der Waals surface area contributed by atoms with E-state index in [2.05, 4.69) is 10.6 Å². The Morgan fingerprint density at radius 2 is 1.66 bits per heavy atom. The standard InChI is InChI=1S/C31H36FN5O4/c1-2-16-37(31(41)33-20-24-6-4-3-5-7-24)36-18-17-35(21-25-8-12-26(32)13-9-25)30(40)28(34-29(39)22-36)19-23-10-14-27(38)15-11-23/h3-15,28,38H,2,16-22H2,1H3,(H,33,41)(H,34,39)/t28-/m0/s1. The Labute approximate surface area is 239 Å². The molecule has 1 saturated heterocycles. The van der Waals surface area contributed by atoms with Gasteiger partial charge in [0, 0.05) is 39.1 Å². The van der Waals surface area contributed by atoms with Gasteiger partial charge in [-0.25, -0.2) is 14.2 Å². The quantitative estimate of drug-likeness (QED) is 0.371. The van der Waals surface area contributed by atoms with Crippen LogP contribution in [-0.4, -0.2) is 70.1 Å². The van der Waals surface area contributed by atoms with E-state index in [1.807, 2.05) is 37.3 Å². The molecule has 0 spiro atoms. The number of rotatable bonds is 9. The van der Waals surface area contributed by atoms with Crippen molar-refractivity contribution in [2.75, 3.05) is 26.2 Å². The van der Waals surface area contributed by atoms with E-state index in [4.69, 9.17) is 0 Å². The summed E-state index contributed by atoms with van der Waals surface area (Å²) in [5, 5.41) is 18.7. The van der Waals surface area contributed by atoms with Crippen LogP contribution in [0.5, 0.6) is 5.75 Å². The Morgan fingerprint density at radius 3 is 2.34 bits per heavy atom. The van der Waals surface area contributed by atoms with Gasteiger partial charge in [-0.2, -0.15) is 0 Å². The molecule has 0 radical (unpaired) electrons. The van der Waals surface area contributed by atoms with E-state index < -0.39 is 6.04 Å². The van der Waals surface area contributed by atoms with Gasteiger partial charge in [0.2, 0.25) is 11.8 Å². The first-order valence-electron chi connectivity index (χ1n) is 13.8. The van der Waals surface area contributed by atoms with Crippen molar-refractivity contribution >= 4 is 17.8 Å². The molecule has 1 atom stereocenters. The number of benzene rings is 3. The second-order valence-electron chi connectivity index (χ2n) is 10.0. The van der Waals surface area contributed by atoms with E-state index in [-0.39, 0.29) is 62.0 Å². The molecule has 3 aromatic carbocycles. The van der Waals surface area contributed by atoms with Crippen LogP contribution in [0.3, 0.4) is 0 Å². The number of hydrogen-bond acceptors (Lipinski definition) is 5. The molecule has 1 aliphatic heterocycles. The molecule has 1 aliphatic rings. The molecule has 41 heavy (non-hydrogen) atoms. The number of amides is 4. The highest BCUT2D eigenvalue weighted by Gasteiger charge is 2.32. The molecule has 10 heteroatoms. The number of carbonyl (C=O) groups is 3. The Bertz CT molecular complexity index is 1300. The van der Waals surface area contributed by atoms with Gasteiger partial charge in [-0.3, -0.25) is 14.6 Å². The predicted octanol–water partition coefficient (Wildman–Crippen LogP) is 3.44. The summed E-state index contributed by atoms with van der Waals surface area (Å²) >= 11 is 0. The number of carbonyl (C=O) groups excluding carboxylic acids is 3. The van der Waals surface area contributed by atoms with Crippen molar-refractivity contribution < 1.29 is 23.9 Å². The van der Waals surface area contributed by atoms with Crippen molar-refractivity contribution in [2.45, 2.75) is 38.9 Å². The van der Waals surface area contributed by atoms with Gasteiger partial charge in [0.05, 0.1) is 6.54 Å². The third-order valence-corrected chi connectivity index (χ3v) is 6.86. The summed E-state index contributed by atoms with van der Waals surface area (Å²) in [6.45, 7) is 3.26. The van der Waals surface area contributed by atoms with Gasteiger partial charge in [-0.05, 0) is 47.4 Å². The maximum atomic E-state index is 13.8. The number of hydrogen-bond donors (Lipinski definition) is 3. The summed E-state index contributed by atoms with van der Waals surface area (Å²) in [6, 6.07) is 20.8. The molecule has 0 bridgehead atoms. The summed E-state index contributed by atoms with van der Waals surface area (Å²) in [7, 11) is 0. The zero-order chi connectivity index (χ0) is 29.2. The smallest absolute Gasteiger partial charge is 0.332 e. The maximum Gasteiger partial charge on any atom is 0.332 e. The van der Waals surface area contributed by atoms with Crippen molar-refractivity contribution in [3.8, 4) is 5.75 Å². The van der Waals surface area contributed by atoms with Gasteiger partial charge < -0.3 is 20.6 Å². The number of hydrazine groups is 1. The van der Waals surface area contributed by atoms with Gasteiger partial charge >= 0.3 is 6.03 Å². The number of phenols is 1. The Hall–Kier alpha value is -4.44. The number of phenolic OH excluding ortho intramolecular Hbond substituents is 1. The van der Waals surface area contributed by atoms with Crippen LogP contribution in [0, 0.1) is 5.82 Å². The third-order valence-electron chi connectivity index (χ3n) is 6.86. The number of urea groups is 1. The first-order valence-corrected chi connectivity index (χ1v) is 13.8. The van der Waals surface area contributed by atoms with E-state index in [0.717, 1.165) is 16.7 Å². The highest BCUT2D eigenvalue weighted by atomic mass is 19.1. The minimum Gasteiger partial charge on any atom is -0.508 e. The van der Waals surface area contributed by atoms with E-state index in [1.165, 1.54) is 29.3 Å². The average Bonchev–Trinajstić information content (AvgIpc) is 3.02. The van der Waals surface area contributed by atoms with Crippen molar-refractivity contribution in [2.24, 2.45) is 0 Å². The molecular formula is C31H36FN5O4. The van der Waals surface area contributed by atoms with E-state index in [1.54, 1.807) is 34.2 Å². The molecule has 4 amide bonds. The Balaban J connectivity index is 1.56. The van der Waals surface area contributed by atoms with Gasteiger partial charge in [0.15, 0.2) is 0 Å². The van der Waals surface area contributed by atoms with E-state index in [9.17, 15) is 23.9 Å². The van der Waals surface area contributed by atoms with E-state index in [0.29, 0.717) is 19.5 Å². The van der Waals surface area contributed by atoms with Crippen LogP contribution < -0.4 is 10.6 Å². The van der Waals surface area contributed by atoms with Crippen LogP contribution in [0.1, 0.15) is 30.0 Å². The summed E-state index contributed by atoms with van der Waals surface area (Å²) in [6.07, 6.45) is 0.888. The topological polar surface area (TPSA) is 105 Å². The number of nitrogens with zero attached hydrogens (tertiary/aromatic N) is 3. The summed E-state index contributed by atoms with van der Waals surface area (Å²) in [5.74, 6) is -0.936. The van der Waals surface area contributed by atoms with Crippen LogP contribution in [0.2, 0.25) is 0 Å². The third kappa shape index (κ3) is 8.52. The largest absolute Gasteiger partial charge is 0.508 e. The highest BCUT2D eigenvalue weighted by Crippen LogP contribution is 2.16. The molecule has 0 aliphatic carbocycles. The average molecular weight is 562 g/mol. The number of aromatic hydroxyl groups is 1. The lowest BCUT2D eigenvalue weighted by atomic mass is 10.0. The Kier molecular flexibility index (Phi) is 10.3. The van der Waals surface area contributed by atoms with Gasteiger partial charge in [-0.1, -0.05) is 61.5 Å². The maximum absolute atomic E-state index is 13.8. The molecule has 1 fully saturated rings. The monoisotopic (exact) mass is 561 g/mol. The zero-order valence-electron chi connectivity index (χ0n) is 23.1. The van der Waals surface area contributed by atoms with Crippen LogP contribution in [0.15, 0.2) is 78.9 Å². The van der Waals surface area contributed by atoms with Crippen LogP contribution >= 0.6 is 0 Å². The SMILES string of the molecule is CCCN(C(=O)NCc1ccccc1)N1CCN(Cc2ccc(F)cc2)C(=O)[C@H](Cc2ccc(O)cc2)NC(=O)C1. The van der Waals surface area contributed by atoms with Crippen molar-refractivity contribution in [3.05, 3.63) is 101 Å². The molecule has 216 valence electrons. The normalized spacial score (nSPS) is 16.3. The molecule has 0 aromatic heterocycles. The van der Waals surface area contributed by atoms with Gasteiger partial charge in [0.25, 0.3) is 0 Å². The van der Waals surface area contributed by atoms with Gasteiger partial charge in [-0.15, -0.1) is 0 Å². The molecule has 9 nitrogen and oxygen atoms in total. The number of halogens is 1. The fourth-order valence-electron chi connectivity index (χ4n) is 4.74. The molecule has 0 saturated carbocycles. The van der Waals surface area contributed by atoms with Crippen molar-refractivity contribution in [1.82, 2.24) is 25.6 Å². The van der Waals surface area contributed by atoms with Crippen LogP contribution in [0.4, 0.5) is 9.18 Å². The summed E-state index contributed by atoms with van der Waals surface area (Å²) in [4.78, 5) is 42.0. The lowest BCUT2D eigenvalue weighted by Crippen LogP contribution is -2.55. The van der Waals surface area contributed by atoms with Crippen molar-refractivity contribution in [1.29, 1.82) is 0 Å². The summed E-state index contributed by atoms with van der Waals surface area (Å²) < 4.78 is 13.6. The Morgan fingerprint density at radius 1 is 0.976 bits per heavy atom. The molecule has 3 aromatic rings. The van der Waals surface area contributed by atoms with Crippen LogP contribution in [0.25, 0.3) is 0 Å². The summed E-state index contributed by atoms with van der Waals surface area (Å²) in [5.41, 5.74) is 2.46. The minimum atomic E-state index is -0.862. The first-order chi connectivity index (χ1) is 19.8. The van der Waals surface area contributed by atoms with Gasteiger partial charge in [0.1, 0.15) is 17.6 Å². The second kappa shape index (κ2) is 14.3. The molecule has 3 N–H and O–H groups in total. The second-order valence-corrected chi connectivity index (χ2v) is 10.0. The minimum absolute atomic E-state index is 0.105. The fraction of sp³-hybridized carbons (Fsp3) is 0.323. The molecular weight excluding hydrogens is 525 g/mol. The highest BCUT2D eigenvalue weighted by molar-refractivity contribution is 5.89.